The van der Waals surface area contributed by atoms with Gasteiger partial charge in [-0.2, -0.15) is 13.2 Å². The predicted molar refractivity (Wildman–Crippen MR) is 62.8 cm³/mol. The lowest BCUT2D eigenvalue weighted by Crippen LogP contribution is -2.46. The Labute approximate surface area is 109 Å². The van der Waals surface area contributed by atoms with Gasteiger partial charge in [0.25, 0.3) is 0 Å². The fourth-order valence-electron chi connectivity index (χ4n) is 2.76. The number of nitrogens with zero attached hydrogens (tertiary/aromatic N) is 1. The average molecular weight is 272 g/mol. The van der Waals surface area contributed by atoms with E-state index in [-0.39, 0.29) is 23.4 Å². The highest BCUT2D eigenvalue weighted by atomic mass is 19.4. The van der Waals surface area contributed by atoms with Crippen molar-refractivity contribution in [3.05, 3.63) is 23.4 Å². The third-order valence-corrected chi connectivity index (χ3v) is 3.70. The van der Waals surface area contributed by atoms with E-state index in [0.717, 1.165) is 24.6 Å². The second kappa shape index (κ2) is 3.85. The van der Waals surface area contributed by atoms with Gasteiger partial charge < -0.3 is 10.1 Å². The third kappa shape index (κ3) is 2.18. The van der Waals surface area contributed by atoms with Crippen LogP contribution in [-0.4, -0.2) is 17.6 Å². The lowest BCUT2D eigenvalue weighted by Gasteiger charge is -2.37. The first-order valence-electron chi connectivity index (χ1n) is 6.24. The van der Waals surface area contributed by atoms with Gasteiger partial charge in [0.2, 0.25) is 5.88 Å². The molecule has 1 saturated heterocycles. The molecule has 2 aliphatic heterocycles. The number of rotatable bonds is 0. The van der Waals surface area contributed by atoms with Crippen LogP contribution in [0.15, 0.2) is 12.1 Å². The van der Waals surface area contributed by atoms with Crippen LogP contribution in [0.25, 0.3) is 0 Å². The molecule has 3 nitrogen and oxygen atoms in total. The van der Waals surface area contributed by atoms with Gasteiger partial charge in [0.1, 0.15) is 11.8 Å². The minimum atomic E-state index is -4.43. The molecule has 1 aromatic rings. The van der Waals surface area contributed by atoms with Crippen LogP contribution in [-0.2, 0) is 6.18 Å². The van der Waals surface area contributed by atoms with Gasteiger partial charge in [0.05, 0.1) is 6.04 Å². The van der Waals surface area contributed by atoms with Crippen molar-refractivity contribution < 1.29 is 17.9 Å². The summed E-state index contributed by atoms with van der Waals surface area (Å²) < 4.78 is 43.5. The number of halogens is 3. The summed E-state index contributed by atoms with van der Waals surface area (Å²) in [6, 6.07) is 2.45. The molecule has 1 N–H and O–H groups in total. The van der Waals surface area contributed by atoms with Crippen molar-refractivity contribution in [3.8, 4) is 5.88 Å². The average Bonchev–Trinajstić information content (AvgIpc) is 2.61. The highest BCUT2D eigenvalue weighted by Crippen LogP contribution is 2.44. The van der Waals surface area contributed by atoms with Crippen LogP contribution in [0.2, 0.25) is 0 Å². The van der Waals surface area contributed by atoms with Crippen LogP contribution in [0.5, 0.6) is 5.88 Å². The van der Waals surface area contributed by atoms with Crippen molar-refractivity contribution in [3.63, 3.8) is 0 Å². The summed E-state index contributed by atoms with van der Waals surface area (Å²) in [4.78, 5) is 3.61. The zero-order valence-corrected chi connectivity index (χ0v) is 10.7. The lowest BCUT2D eigenvalue weighted by molar-refractivity contribution is -0.141. The number of nitrogens with one attached hydrogen (secondary N) is 1. The molecule has 1 fully saturated rings. The van der Waals surface area contributed by atoms with E-state index in [1.165, 1.54) is 6.07 Å². The molecule has 2 aliphatic rings. The maximum Gasteiger partial charge on any atom is 0.433 e. The number of hydrogen-bond acceptors (Lipinski definition) is 3. The first-order valence-corrected chi connectivity index (χ1v) is 6.24. The van der Waals surface area contributed by atoms with Crippen LogP contribution in [0.4, 0.5) is 13.2 Å². The van der Waals surface area contributed by atoms with Gasteiger partial charge in [-0.25, -0.2) is 4.98 Å². The molecule has 0 aromatic carbocycles. The fourth-order valence-corrected chi connectivity index (χ4v) is 2.76. The molecule has 0 saturated carbocycles. The molecule has 19 heavy (non-hydrogen) atoms. The lowest BCUT2D eigenvalue weighted by atomic mass is 9.80. The summed E-state index contributed by atoms with van der Waals surface area (Å²) in [5, 5.41) is 3.34. The Morgan fingerprint density at radius 1 is 1.37 bits per heavy atom. The number of ether oxygens (including phenoxy) is 1. The standard InChI is InChI=1S/C13H15F3N2O/c1-12(2)5-8-10(17-6-12)7-3-4-9(13(14,15)16)18-11(7)19-8/h3-4,8,10,17H,5-6H2,1-2H3/t8?,10-/m0/s1. The van der Waals surface area contributed by atoms with E-state index in [2.05, 4.69) is 24.1 Å². The van der Waals surface area contributed by atoms with E-state index < -0.39 is 11.9 Å². The van der Waals surface area contributed by atoms with E-state index in [1.54, 1.807) is 0 Å². The van der Waals surface area contributed by atoms with Crippen LogP contribution in [0, 0.1) is 5.41 Å². The molecule has 2 atom stereocenters. The normalized spacial score (nSPS) is 28.5. The summed E-state index contributed by atoms with van der Waals surface area (Å²) in [6.45, 7) is 5.03. The van der Waals surface area contributed by atoms with Crippen molar-refractivity contribution in [2.75, 3.05) is 6.54 Å². The van der Waals surface area contributed by atoms with Crippen molar-refractivity contribution >= 4 is 0 Å². The summed E-state index contributed by atoms with van der Waals surface area (Å²) in [5.74, 6) is 0.120. The quantitative estimate of drug-likeness (QED) is 0.788. The number of fused-ring (bicyclic) bond motifs is 3. The molecule has 104 valence electrons. The first-order chi connectivity index (χ1) is 8.76. The minimum Gasteiger partial charge on any atom is -0.472 e. The van der Waals surface area contributed by atoms with E-state index in [1.807, 2.05) is 0 Å². The molecule has 1 unspecified atom stereocenters. The molecule has 0 aliphatic carbocycles. The molecule has 6 heteroatoms. The Balaban J connectivity index is 1.92. The molecule has 0 amide bonds. The summed E-state index contributed by atoms with van der Waals surface area (Å²) in [6.07, 6.45) is -3.75. The molecule has 0 radical (unpaired) electrons. The largest absolute Gasteiger partial charge is 0.472 e. The Morgan fingerprint density at radius 3 is 2.79 bits per heavy atom. The first kappa shape index (κ1) is 12.7. The molecule has 0 spiro atoms. The molecule has 3 rings (SSSR count). The van der Waals surface area contributed by atoms with Crippen molar-refractivity contribution in [2.24, 2.45) is 5.41 Å². The van der Waals surface area contributed by atoms with Gasteiger partial charge in [-0.05, 0) is 24.0 Å². The summed E-state index contributed by atoms with van der Waals surface area (Å²) in [7, 11) is 0. The van der Waals surface area contributed by atoms with Gasteiger partial charge >= 0.3 is 6.18 Å². The van der Waals surface area contributed by atoms with E-state index >= 15 is 0 Å². The number of aromatic nitrogens is 1. The molecular formula is C13H15F3N2O. The van der Waals surface area contributed by atoms with Gasteiger partial charge in [0.15, 0.2) is 0 Å². The number of pyridine rings is 1. The summed E-state index contributed by atoms with van der Waals surface area (Å²) >= 11 is 0. The minimum absolute atomic E-state index is 0.0437. The van der Waals surface area contributed by atoms with E-state index in [9.17, 15) is 13.2 Å². The maximum atomic E-state index is 12.6. The molecule has 3 heterocycles. The van der Waals surface area contributed by atoms with Crippen molar-refractivity contribution in [1.82, 2.24) is 10.3 Å². The van der Waals surface area contributed by atoms with E-state index in [0.29, 0.717) is 0 Å². The number of hydrogen-bond donors (Lipinski definition) is 1. The van der Waals surface area contributed by atoms with Gasteiger partial charge in [0, 0.05) is 12.1 Å². The van der Waals surface area contributed by atoms with Crippen molar-refractivity contribution in [1.29, 1.82) is 0 Å². The monoisotopic (exact) mass is 272 g/mol. The topological polar surface area (TPSA) is 34.2 Å². The third-order valence-electron chi connectivity index (χ3n) is 3.70. The number of alkyl halides is 3. The van der Waals surface area contributed by atoms with Gasteiger partial charge in [-0.3, -0.25) is 0 Å². The summed E-state index contributed by atoms with van der Waals surface area (Å²) in [5.41, 5.74) is -0.0894. The Morgan fingerprint density at radius 2 is 2.11 bits per heavy atom. The van der Waals surface area contributed by atoms with Crippen LogP contribution >= 0.6 is 0 Å². The smallest absolute Gasteiger partial charge is 0.433 e. The SMILES string of the molecule is CC1(C)CN[C@H]2c3ccc(C(F)(F)F)nc3OC2C1. The Hall–Kier alpha value is -1.30. The Kier molecular flexibility index (Phi) is 2.58. The van der Waals surface area contributed by atoms with Crippen LogP contribution in [0.1, 0.15) is 37.6 Å². The van der Waals surface area contributed by atoms with Gasteiger partial charge in [-0.1, -0.05) is 13.8 Å². The Bertz CT molecular complexity index is 513. The predicted octanol–water partition coefficient (Wildman–Crippen LogP) is 2.92. The number of piperidine rings is 1. The van der Waals surface area contributed by atoms with Crippen molar-refractivity contribution in [2.45, 2.75) is 38.6 Å². The second-order valence-corrected chi connectivity index (χ2v) is 5.97. The zero-order chi connectivity index (χ0) is 13.8. The fraction of sp³-hybridized carbons (Fsp3) is 0.615. The van der Waals surface area contributed by atoms with Gasteiger partial charge in [-0.15, -0.1) is 0 Å². The highest BCUT2D eigenvalue weighted by Gasteiger charge is 2.44. The maximum absolute atomic E-state index is 12.6. The highest BCUT2D eigenvalue weighted by molar-refractivity contribution is 5.37. The molecule has 1 aromatic heterocycles. The zero-order valence-electron chi connectivity index (χ0n) is 10.7. The van der Waals surface area contributed by atoms with Crippen LogP contribution in [0.3, 0.4) is 0 Å². The van der Waals surface area contributed by atoms with Crippen LogP contribution < -0.4 is 10.1 Å². The van der Waals surface area contributed by atoms with E-state index in [4.69, 9.17) is 4.74 Å². The molecular weight excluding hydrogens is 257 g/mol. The second-order valence-electron chi connectivity index (χ2n) is 5.97. The molecule has 0 bridgehead atoms.